The molecule has 0 saturated heterocycles. The Morgan fingerprint density at radius 1 is 1.46 bits per heavy atom. The van der Waals surface area contributed by atoms with Crippen LogP contribution < -0.4 is 20.4 Å². The van der Waals surface area contributed by atoms with E-state index in [1.807, 2.05) is 32.7 Å². The Morgan fingerprint density at radius 2 is 2.15 bits per heavy atom. The molecule has 1 amide bonds. The van der Waals surface area contributed by atoms with Gasteiger partial charge in [-0.1, -0.05) is 0 Å². The molecule has 1 unspecified atom stereocenters. The molecule has 8 nitrogen and oxygen atoms in total. The molecule has 2 heterocycles. The zero-order valence-corrected chi connectivity index (χ0v) is 15.9. The van der Waals surface area contributed by atoms with Crippen molar-refractivity contribution in [3.8, 4) is 5.75 Å². The third kappa shape index (κ3) is 3.23. The first-order valence-corrected chi connectivity index (χ1v) is 8.92. The maximum atomic E-state index is 12.3. The van der Waals surface area contributed by atoms with Gasteiger partial charge < -0.3 is 20.4 Å². The molecule has 1 atom stereocenters. The minimum atomic E-state index is -0.143. The van der Waals surface area contributed by atoms with E-state index >= 15 is 0 Å². The Hall–Kier alpha value is -2.64. The molecule has 3 N–H and O–H groups in total. The van der Waals surface area contributed by atoms with Crippen LogP contribution in [0.15, 0.2) is 11.3 Å². The fraction of sp³-hybridized carbons (Fsp3) is 0.556. The maximum absolute atomic E-state index is 12.3. The molecule has 3 rings (SSSR count). The van der Waals surface area contributed by atoms with Crippen LogP contribution in [0.3, 0.4) is 0 Å². The lowest BCUT2D eigenvalue weighted by atomic mass is 9.93. The monoisotopic (exact) mass is 358 g/mol. The normalized spacial score (nSPS) is 21.0. The highest BCUT2D eigenvalue weighted by atomic mass is 16.5. The lowest BCUT2D eigenvalue weighted by Crippen LogP contribution is -2.46. The fourth-order valence-corrected chi connectivity index (χ4v) is 3.05. The highest BCUT2D eigenvalue weighted by Gasteiger charge is 2.37. The quantitative estimate of drug-likeness (QED) is 0.699. The Morgan fingerprint density at radius 3 is 2.73 bits per heavy atom. The first-order valence-electron chi connectivity index (χ1n) is 8.92. The number of hydrogen-bond acceptors (Lipinski definition) is 7. The van der Waals surface area contributed by atoms with Crippen LogP contribution in [0.1, 0.15) is 39.2 Å². The van der Waals surface area contributed by atoms with Crippen LogP contribution in [-0.2, 0) is 4.79 Å². The van der Waals surface area contributed by atoms with Gasteiger partial charge >= 0.3 is 0 Å². The average Bonchev–Trinajstić information content (AvgIpc) is 3.42. The summed E-state index contributed by atoms with van der Waals surface area (Å²) >= 11 is 0. The van der Waals surface area contributed by atoms with E-state index in [0.717, 1.165) is 12.8 Å². The van der Waals surface area contributed by atoms with Crippen LogP contribution in [0.4, 0.5) is 11.5 Å². The second kappa shape index (κ2) is 6.93. The topological polar surface area (TPSA) is 103 Å². The average molecular weight is 358 g/mol. The highest BCUT2D eigenvalue weighted by molar-refractivity contribution is 6.52. The van der Waals surface area contributed by atoms with E-state index in [1.165, 1.54) is 0 Å². The molecule has 0 aromatic carbocycles. The van der Waals surface area contributed by atoms with Gasteiger partial charge in [-0.15, -0.1) is 0 Å². The molecule has 0 bridgehead atoms. The molecule has 2 aliphatic rings. The third-order valence-electron chi connectivity index (χ3n) is 4.64. The predicted molar refractivity (Wildman–Crippen MR) is 103 cm³/mol. The molecule has 1 aliphatic heterocycles. The third-order valence-corrected chi connectivity index (χ3v) is 4.64. The lowest BCUT2D eigenvalue weighted by Gasteiger charge is -2.36. The second-order valence-electron chi connectivity index (χ2n) is 7.01. The molecule has 1 aromatic rings. The van der Waals surface area contributed by atoms with Gasteiger partial charge in [0.1, 0.15) is 11.5 Å². The van der Waals surface area contributed by atoms with Crippen molar-refractivity contribution in [3.05, 3.63) is 11.8 Å². The number of carbonyl (C=O) groups excluding carboxylic acids is 1. The van der Waals surface area contributed by atoms with Gasteiger partial charge in [-0.05, 0) is 33.6 Å². The summed E-state index contributed by atoms with van der Waals surface area (Å²) < 4.78 is 5.89. The van der Waals surface area contributed by atoms with Gasteiger partial charge in [-0.2, -0.15) is 5.10 Å². The van der Waals surface area contributed by atoms with Crippen LogP contribution in [0.5, 0.6) is 5.75 Å². The van der Waals surface area contributed by atoms with Crippen molar-refractivity contribution < 1.29 is 9.53 Å². The first-order chi connectivity index (χ1) is 12.3. The zero-order valence-electron chi connectivity index (χ0n) is 15.9. The number of aromatic nitrogens is 1. The maximum Gasteiger partial charge on any atom is 0.228 e. The summed E-state index contributed by atoms with van der Waals surface area (Å²) in [6.07, 6.45) is 3.36. The van der Waals surface area contributed by atoms with E-state index in [1.54, 1.807) is 13.2 Å². The molecular weight excluding hydrogens is 332 g/mol. The summed E-state index contributed by atoms with van der Waals surface area (Å²) in [5, 5.41) is 15.9. The largest absolute Gasteiger partial charge is 0.489 e. The summed E-state index contributed by atoms with van der Waals surface area (Å²) in [4.78, 5) is 18.7. The molecule has 1 fully saturated rings. The van der Waals surface area contributed by atoms with Crippen LogP contribution >= 0.6 is 0 Å². The number of rotatable bonds is 5. The fourth-order valence-electron chi connectivity index (χ4n) is 3.05. The molecular formula is C18H26N6O2. The minimum absolute atomic E-state index is 0.0144. The summed E-state index contributed by atoms with van der Waals surface area (Å²) in [6, 6.07) is -0.143. The Bertz CT molecular complexity index is 769. The Kier molecular flexibility index (Phi) is 4.84. The van der Waals surface area contributed by atoms with Gasteiger partial charge in [-0.3, -0.25) is 10.2 Å². The molecule has 1 aliphatic carbocycles. The van der Waals surface area contributed by atoms with Gasteiger partial charge in [0.15, 0.2) is 5.82 Å². The summed E-state index contributed by atoms with van der Waals surface area (Å²) in [5.41, 5.74) is 4.97. The van der Waals surface area contributed by atoms with Crippen molar-refractivity contribution in [1.82, 2.24) is 10.4 Å². The number of nitrogens with one attached hydrogen (secondary N) is 3. The highest BCUT2D eigenvalue weighted by Crippen LogP contribution is 2.40. The van der Waals surface area contributed by atoms with E-state index in [2.05, 4.69) is 20.8 Å². The standard InChI is InChI=1S/C18H26N6O2/c1-9(2)26-12-8-21-17(22-18(25)11-6-7-11)16-13(12)14(19)15(23-20-4)10(3)24(16)5/h8-11,19-20H,6-7H2,1-5H3,(H,21,22,25)/b19-14?,23-15-. The number of anilines is 2. The van der Waals surface area contributed by atoms with E-state index in [0.29, 0.717) is 28.5 Å². The SMILES string of the molecule is CN/N=C1\C(=N)c2c(OC(C)C)cnc(NC(=O)C3CC3)c2N(C)C1C. The molecule has 1 saturated carbocycles. The van der Waals surface area contributed by atoms with E-state index in [4.69, 9.17) is 10.1 Å². The number of ether oxygens (including phenoxy) is 1. The number of hydrogen-bond donors (Lipinski definition) is 3. The smallest absolute Gasteiger partial charge is 0.228 e. The molecule has 1 aromatic heterocycles. The molecule has 26 heavy (non-hydrogen) atoms. The predicted octanol–water partition coefficient (Wildman–Crippen LogP) is 2.00. The van der Waals surface area contributed by atoms with Crippen molar-refractivity contribution in [3.63, 3.8) is 0 Å². The van der Waals surface area contributed by atoms with Gasteiger partial charge in [0.25, 0.3) is 0 Å². The van der Waals surface area contributed by atoms with E-state index in [9.17, 15) is 4.79 Å². The number of amides is 1. The van der Waals surface area contributed by atoms with Crippen molar-refractivity contribution in [2.24, 2.45) is 11.0 Å². The van der Waals surface area contributed by atoms with Crippen molar-refractivity contribution in [2.75, 3.05) is 24.3 Å². The number of carbonyl (C=O) groups is 1. The van der Waals surface area contributed by atoms with Crippen molar-refractivity contribution in [2.45, 2.75) is 45.8 Å². The Labute approximate surface area is 153 Å². The molecule has 0 spiro atoms. The van der Waals surface area contributed by atoms with Crippen molar-refractivity contribution >= 4 is 28.8 Å². The minimum Gasteiger partial charge on any atom is -0.489 e. The Balaban J connectivity index is 2.13. The van der Waals surface area contributed by atoms with Gasteiger partial charge in [0.05, 0.1) is 35.3 Å². The van der Waals surface area contributed by atoms with Crippen LogP contribution in [0.25, 0.3) is 0 Å². The van der Waals surface area contributed by atoms with Crippen molar-refractivity contribution in [1.29, 1.82) is 5.41 Å². The van der Waals surface area contributed by atoms with E-state index in [-0.39, 0.29) is 29.7 Å². The number of nitrogens with zero attached hydrogens (tertiary/aromatic N) is 3. The molecule has 140 valence electrons. The van der Waals surface area contributed by atoms with Crippen LogP contribution in [0, 0.1) is 11.3 Å². The number of hydrazone groups is 1. The summed E-state index contributed by atoms with van der Waals surface area (Å²) in [6.45, 7) is 5.82. The lowest BCUT2D eigenvalue weighted by molar-refractivity contribution is -0.117. The molecule has 0 radical (unpaired) electrons. The summed E-state index contributed by atoms with van der Waals surface area (Å²) in [5.74, 6) is 1.05. The van der Waals surface area contributed by atoms with Gasteiger partial charge in [0.2, 0.25) is 5.91 Å². The second-order valence-corrected chi connectivity index (χ2v) is 7.01. The van der Waals surface area contributed by atoms with Crippen LogP contribution in [0.2, 0.25) is 0 Å². The number of pyridine rings is 1. The van der Waals surface area contributed by atoms with Crippen LogP contribution in [-0.4, -0.2) is 48.6 Å². The zero-order chi connectivity index (χ0) is 19.0. The van der Waals surface area contributed by atoms with Gasteiger partial charge in [-0.25, -0.2) is 4.98 Å². The first kappa shape index (κ1) is 18.2. The summed E-state index contributed by atoms with van der Waals surface area (Å²) in [7, 11) is 3.62. The van der Waals surface area contributed by atoms with Gasteiger partial charge in [0, 0.05) is 20.0 Å². The van der Waals surface area contributed by atoms with E-state index < -0.39 is 0 Å². The molecule has 8 heteroatoms. The number of fused-ring (bicyclic) bond motifs is 1.